The molecule has 3 aliphatic heterocycles. The summed E-state index contributed by atoms with van der Waals surface area (Å²) < 4.78 is 16.2. The lowest BCUT2D eigenvalue weighted by Crippen LogP contribution is -2.16. The Kier molecular flexibility index (Phi) is 3.33. The minimum Gasteiger partial charge on any atom is -0.496 e. The number of rotatable bonds is 2. The Morgan fingerprint density at radius 1 is 1.11 bits per heavy atom. The van der Waals surface area contributed by atoms with Crippen molar-refractivity contribution in [2.75, 3.05) is 19.8 Å². The molecular weight excluding hydrogens is 228 g/mol. The van der Waals surface area contributed by atoms with Crippen molar-refractivity contribution in [2.24, 2.45) is 5.92 Å². The van der Waals surface area contributed by atoms with Crippen LogP contribution in [0.1, 0.15) is 6.42 Å². The van der Waals surface area contributed by atoms with E-state index in [0.29, 0.717) is 19.1 Å². The lowest BCUT2D eigenvalue weighted by Gasteiger charge is -2.23. The molecular formula is C15H16O3. The molecule has 0 aromatic carbocycles. The van der Waals surface area contributed by atoms with Crippen LogP contribution in [0, 0.1) is 5.92 Å². The van der Waals surface area contributed by atoms with E-state index in [-0.39, 0.29) is 0 Å². The molecule has 0 aromatic rings. The molecule has 1 atom stereocenters. The average molecular weight is 244 g/mol. The first-order valence-corrected chi connectivity index (χ1v) is 6.20. The molecule has 0 radical (unpaired) electrons. The summed E-state index contributed by atoms with van der Waals surface area (Å²) >= 11 is 0. The summed E-state index contributed by atoms with van der Waals surface area (Å²) in [5.74, 6) is 0.301. The van der Waals surface area contributed by atoms with Crippen molar-refractivity contribution >= 4 is 0 Å². The van der Waals surface area contributed by atoms with Gasteiger partial charge in [0, 0.05) is 5.92 Å². The van der Waals surface area contributed by atoms with Crippen LogP contribution in [-0.4, -0.2) is 19.8 Å². The largest absolute Gasteiger partial charge is 0.496 e. The zero-order valence-electron chi connectivity index (χ0n) is 10.2. The van der Waals surface area contributed by atoms with Gasteiger partial charge >= 0.3 is 0 Å². The van der Waals surface area contributed by atoms with Crippen LogP contribution in [0.4, 0.5) is 0 Å². The molecule has 0 saturated heterocycles. The summed E-state index contributed by atoms with van der Waals surface area (Å²) in [7, 11) is 0. The monoisotopic (exact) mass is 244 g/mol. The van der Waals surface area contributed by atoms with Gasteiger partial charge in [-0.05, 0) is 35.3 Å². The highest BCUT2D eigenvalue weighted by atomic mass is 16.5. The molecule has 3 nitrogen and oxygen atoms in total. The molecule has 1 unspecified atom stereocenters. The van der Waals surface area contributed by atoms with Crippen molar-refractivity contribution in [1.29, 1.82) is 0 Å². The number of ether oxygens (including phenoxy) is 3. The van der Waals surface area contributed by atoms with Crippen LogP contribution in [-0.2, 0) is 14.2 Å². The van der Waals surface area contributed by atoms with Crippen molar-refractivity contribution in [2.45, 2.75) is 6.42 Å². The summed E-state index contributed by atoms with van der Waals surface area (Å²) in [6.45, 7) is 2.06. The second-order valence-electron chi connectivity index (χ2n) is 4.53. The highest BCUT2D eigenvalue weighted by Crippen LogP contribution is 2.27. The van der Waals surface area contributed by atoms with Crippen molar-refractivity contribution in [3.05, 3.63) is 59.8 Å². The Morgan fingerprint density at radius 2 is 2.11 bits per heavy atom. The summed E-state index contributed by atoms with van der Waals surface area (Å²) in [4.78, 5) is 0. The molecule has 0 amide bonds. The summed E-state index contributed by atoms with van der Waals surface area (Å²) in [6.07, 6.45) is 14.7. The third-order valence-electron chi connectivity index (χ3n) is 3.24. The lowest BCUT2D eigenvalue weighted by molar-refractivity contribution is 0.134. The molecule has 0 N–H and O–H groups in total. The van der Waals surface area contributed by atoms with E-state index < -0.39 is 0 Å². The fraction of sp³-hybridized carbons (Fsp3) is 0.333. The Hall–Kier alpha value is -1.74. The Morgan fingerprint density at radius 3 is 2.89 bits per heavy atom. The molecule has 18 heavy (non-hydrogen) atoms. The van der Waals surface area contributed by atoms with Gasteiger partial charge in [-0.2, -0.15) is 0 Å². The molecule has 3 rings (SSSR count). The van der Waals surface area contributed by atoms with Crippen molar-refractivity contribution in [3.8, 4) is 0 Å². The lowest BCUT2D eigenvalue weighted by atomic mass is 9.93. The van der Waals surface area contributed by atoms with Gasteiger partial charge in [0.05, 0.1) is 32.0 Å². The van der Waals surface area contributed by atoms with E-state index in [9.17, 15) is 0 Å². The normalized spacial score (nSPS) is 26.7. The van der Waals surface area contributed by atoms with Crippen LogP contribution >= 0.6 is 0 Å². The highest BCUT2D eigenvalue weighted by Gasteiger charge is 2.18. The minimum absolute atomic E-state index is 0.301. The van der Waals surface area contributed by atoms with Crippen LogP contribution in [0.15, 0.2) is 59.8 Å². The zero-order chi connectivity index (χ0) is 12.2. The van der Waals surface area contributed by atoms with Crippen LogP contribution in [0.2, 0.25) is 0 Å². The SMILES string of the molecule is C1=CC(C2=COCC(C3=COC=CC3)=C2)COC1. The van der Waals surface area contributed by atoms with Gasteiger partial charge in [-0.25, -0.2) is 0 Å². The van der Waals surface area contributed by atoms with E-state index in [1.165, 1.54) is 16.7 Å². The van der Waals surface area contributed by atoms with Crippen LogP contribution in [0.3, 0.4) is 0 Å². The van der Waals surface area contributed by atoms with Gasteiger partial charge < -0.3 is 14.2 Å². The molecule has 0 aromatic heterocycles. The van der Waals surface area contributed by atoms with Crippen molar-refractivity contribution < 1.29 is 14.2 Å². The summed E-state index contributed by atoms with van der Waals surface area (Å²) in [6, 6.07) is 0. The van der Waals surface area contributed by atoms with E-state index >= 15 is 0 Å². The van der Waals surface area contributed by atoms with E-state index in [2.05, 4.69) is 18.2 Å². The maximum Gasteiger partial charge on any atom is 0.113 e. The first-order valence-electron chi connectivity index (χ1n) is 6.20. The van der Waals surface area contributed by atoms with Gasteiger partial charge in [-0.15, -0.1) is 0 Å². The fourth-order valence-corrected chi connectivity index (χ4v) is 2.24. The molecule has 3 heteroatoms. The predicted octanol–water partition coefficient (Wildman–Crippen LogP) is 2.85. The molecule has 0 spiro atoms. The van der Waals surface area contributed by atoms with E-state index in [4.69, 9.17) is 14.2 Å². The molecule has 3 heterocycles. The van der Waals surface area contributed by atoms with Crippen LogP contribution in [0.25, 0.3) is 0 Å². The Bertz CT molecular complexity index is 466. The van der Waals surface area contributed by atoms with Gasteiger partial charge in [-0.3, -0.25) is 0 Å². The van der Waals surface area contributed by atoms with Crippen molar-refractivity contribution in [1.82, 2.24) is 0 Å². The third-order valence-corrected chi connectivity index (χ3v) is 3.24. The molecule has 0 bridgehead atoms. The quantitative estimate of drug-likeness (QED) is 0.699. The molecule has 0 aliphatic carbocycles. The number of hydrogen-bond acceptors (Lipinski definition) is 3. The van der Waals surface area contributed by atoms with E-state index in [0.717, 1.165) is 13.0 Å². The molecule has 3 aliphatic rings. The van der Waals surface area contributed by atoms with Gasteiger partial charge in [0.25, 0.3) is 0 Å². The summed E-state index contributed by atoms with van der Waals surface area (Å²) in [5, 5.41) is 0. The van der Waals surface area contributed by atoms with Crippen LogP contribution in [0.5, 0.6) is 0 Å². The number of hydrogen-bond donors (Lipinski definition) is 0. The second kappa shape index (κ2) is 5.27. The molecule has 0 fully saturated rings. The smallest absolute Gasteiger partial charge is 0.113 e. The average Bonchev–Trinajstić information content (AvgIpc) is 2.49. The van der Waals surface area contributed by atoms with E-state index in [1.54, 1.807) is 12.5 Å². The molecule has 0 saturated carbocycles. The predicted molar refractivity (Wildman–Crippen MR) is 68.5 cm³/mol. The number of allylic oxidation sites excluding steroid dienone is 2. The van der Waals surface area contributed by atoms with Gasteiger partial charge in [0.1, 0.15) is 6.61 Å². The second-order valence-corrected chi connectivity index (χ2v) is 4.53. The van der Waals surface area contributed by atoms with Gasteiger partial charge in [0.15, 0.2) is 0 Å². The maximum absolute atomic E-state index is 5.56. The molecule has 94 valence electrons. The Balaban J connectivity index is 1.78. The highest BCUT2D eigenvalue weighted by molar-refractivity contribution is 5.42. The summed E-state index contributed by atoms with van der Waals surface area (Å²) in [5.41, 5.74) is 3.54. The maximum atomic E-state index is 5.56. The fourth-order valence-electron chi connectivity index (χ4n) is 2.24. The van der Waals surface area contributed by atoms with Gasteiger partial charge in [-0.1, -0.05) is 12.2 Å². The first-order chi connectivity index (χ1) is 8.93. The Labute approximate surface area is 107 Å². The third kappa shape index (κ3) is 2.41. The minimum atomic E-state index is 0.301. The van der Waals surface area contributed by atoms with E-state index in [1.807, 2.05) is 12.3 Å². The zero-order valence-corrected chi connectivity index (χ0v) is 10.2. The first kappa shape index (κ1) is 11.4. The van der Waals surface area contributed by atoms with Gasteiger partial charge in [0.2, 0.25) is 0 Å². The standard InChI is InChI=1S/C15H16O3/c1-3-12(8-16-5-1)14-7-15(11-18-10-14)13-4-2-6-17-9-13/h1-3,6-7,9-10,12H,4-5,8,11H2. The topological polar surface area (TPSA) is 27.7 Å². The van der Waals surface area contributed by atoms with Crippen LogP contribution < -0.4 is 0 Å². The van der Waals surface area contributed by atoms with Crippen molar-refractivity contribution in [3.63, 3.8) is 0 Å².